The molecule has 3 N–H and O–H groups in total. The summed E-state index contributed by atoms with van der Waals surface area (Å²) in [5.41, 5.74) is 0.439. The summed E-state index contributed by atoms with van der Waals surface area (Å²) >= 11 is 0. The van der Waals surface area contributed by atoms with Crippen molar-refractivity contribution in [3.8, 4) is 5.75 Å². The highest BCUT2D eigenvalue weighted by molar-refractivity contribution is 5.94. The Bertz CT molecular complexity index is 1580. The van der Waals surface area contributed by atoms with Crippen LogP contribution in [-0.2, 0) is 36.7 Å². The average Bonchev–Trinajstić information content (AvgIpc) is 3.08. The van der Waals surface area contributed by atoms with E-state index < -0.39 is 53.2 Å². The molecule has 0 aliphatic heterocycles. The second kappa shape index (κ2) is 20.4. The van der Waals surface area contributed by atoms with E-state index in [0.29, 0.717) is 17.5 Å². The molecule has 0 aliphatic carbocycles. The highest BCUT2D eigenvalue weighted by Gasteiger charge is 2.38. The molecule has 3 unspecified atom stereocenters. The summed E-state index contributed by atoms with van der Waals surface area (Å²) in [7, 11) is 0. The van der Waals surface area contributed by atoms with E-state index in [1.807, 2.05) is 36.4 Å². The van der Waals surface area contributed by atoms with Crippen molar-refractivity contribution in [1.29, 1.82) is 0 Å². The summed E-state index contributed by atoms with van der Waals surface area (Å²) in [6, 6.07) is 21.4. The Morgan fingerprint density at radius 2 is 1.19 bits per heavy atom. The number of rotatable bonds is 18. The Hall–Kier alpha value is -4.86. The van der Waals surface area contributed by atoms with Crippen molar-refractivity contribution < 1.29 is 33.8 Å². The fraction of sp³-hybridized carbons (Fsp3) is 0.488. The molecule has 10 nitrogen and oxygen atoms in total. The third-order valence-electron chi connectivity index (χ3n) is 8.37. The van der Waals surface area contributed by atoms with Gasteiger partial charge in [0.25, 0.3) is 0 Å². The van der Waals surface area contributed by atoms with Crippen LogP contribution in [0.3, 0.4) is 0 Å². The molecule has 0 bridgehead atoms. The summed E-state index contributed by atoms with van der Waals surface area (Å²) in [5.74, 6) is -1.56. The van der Waals surface area contributed by atoms with E-state index in [2.05, 4.69) is 17.6 Å². The molecular weight excluding hydrogens is 670 g/mol. The number of carbonyl (C=O) groups excluding carboxylic acids is 4. The van der Waals surface area contributed by atoms with Crippen molar-refractivity contribution in [3.63, 3.8) is 0 Å². The minimum Gasteiger partial charge on any atom is -0.508 e. The van der Waals surface area contributed by atoms with Crippen molar-refractivity contribution in [2.45, 2.75) is 129 Å². The molecular formula is C43H59N3O7. The maximum Gasteiger partial charge on any atom is 0.408 e. The number of carbonyl (C=O) groups is 4. The quantitative estimate of drug-likeness (QED) is 0.0898. The van der Waals surface area contributed by atoms with Gasteiger partial charge in [-0.05, 0) is 76.8 Å². The number of nitrogens with zero attached hydrogens (tertiary/aromatic N) is 1. The van der Waals surface area contributed by atoms with Crippen LogP contribution in [0.2, 0.25) is 0 Å². The lowest BCUT2D eigenvalue weighted by Crippen LogP contribution is -2.55. The lowest BCUT2D eigenvalue weighted by molar-refractivity contribution is -0.159. The molecule has 0 saturated carbocycles. The van der Waals surface area contributed by atoms with Gasteiger partial charge in [-0.2, -0.15) is 0 Å². The van der Waals surface area contributed by atoms with Crippen molar-refractivity contribution >= 4 is 23.9 Å². The molecule has 3 rings (SSSR count). The minimum atomic E-state index is -1.15. The summed E-state index contributed by atoms with van der Waals surface area (Å²) in [6.07, 6.45) is 5.17. The number of phenolic OH excluding ortho intramolecular Hbond substituents is 1. The van der Waals surface area contributed by atoms with Gasteiger partial charge in [-0.1, -0.05) is 112 Å². The highest BCUT2D eigenvalue weighted by atomic mass is 16.6. The third-order valence-corrected chi connectivity index (χ3v) is 8.37. The molecule has 0 fully saturated rings. The van der Waals surface area contributed by atoms with Crippen molar-refractivity contribution in [2.24, 2.45) is 0 Å². The summed E-state index contributed by atoms with van der Waals surface area (Å²) in [4.78, 5) is 58.0. The van der Waals surface area contributed by atoms with E-state index in [4.69, 9.17) is 9.47 Å². The molecule has 3 aromatic carbocycles. The van der Waals surface area contributed by atoms with E-state index in [0.717, 1.165) is 37.7 Å². The van der Waals surface area contributed by atoms with Gasteiger partial charge in [-0.15, -0.1) is 0 Å². The number of ether oxygens (including phenoxy) is 2. The molecule has 3 atom stereocenters. The normalized spacial score (nSPS) is 13.3. The van der Waals surface area contributed by atoms with Crippen LogP contribution in [0, 0.1) is 0 Å². The van der Waals surface area contributed by atoms with Gasteiger partial charge in [-0.25, -0.2) is 9.59 Å². The standard InChI is InChI=1S/C43H59N3O7/c1-8-9-10-11-12-19-28-46(39(49)35(45-41(51)53-43(5,6)7)29-32-24-26-34(47)27-25-32)37(33-22-17-14-18-23-33)38(48)44-36(40(50)52-42(2,3)4)30-31-20-15-13-16-21-31/h13-18,20-27,35-37,47H,8-12,19,28-30H2,1-7H3,(H,44,48)(H,45,51). The van der Waals surface area contributed by atoms with Crippen LogP contribution >= 0.6 is 0 Å². The zero-order valence-electron chi connectivity index (χ0n) is 32.5. The number of esters is 1. The van der Waals surface area contributed by atoms with Gasteiger partial charge in [-0.3, -0.25) is 9.59 Å². The van der Waals surface area contributed by atoms with Gasteiger partial charge in [0.2, 0.25) is 11.8 Å². The van der Waals surface area contributed by atoms with Crippen LogP contribution in [0.5, 0.6) is 5.75 Å². The summed E-state index contributed by atoms with van der Waals surface area (Å²) in [5, 5.41) is 15.7. The van der Waals surface area contributed by atoms with Gasteiger partial charge >= 0.3 is 12.1 Å². The first-order valence-electron chi connectivity index (χ1n) is 18.8. The second-order valence-corrected chi connectivity index (χ2v) is 15.5. The number of benzene rings is 3. The number of amides is 3. The number of hydrogen-bond donors (Lipinski definition) is 3. The monoisotopic (exact) mass is 729 g/mol. The predicted octanol–water partition coefficient (Wildman–Crippen LogP) is 7.83. The lowest BCUT2D eigenvalue weighted by atomic mass is 9.98. The average molecular weight is 730 g/mol. The van der Waals surface area contributed by atoms with E-state index in [9.17, 15) is 24.3 Å². The molecule has 288 valence electrons. The first-order chi connectivity index (χ1) is 25.1. The molecule has 0 spiro atoms. The van der Waals surface area contributed by atoms with Crippen LogP contribution < -0.4 is 10.6 Å². The Labute approximate surface area is 315 Å². The maximum atomic E-state index is 14.9. The molecule has 0 aromatic heterocycles. The number of alkyl carbamates (subject to hydrolysis) is 1. The molecule has 0 saturated heterocycles. The van der Waals surface area contributed by atoms with Gasteiger partial charge < -0.3 is 30.1 Å². The SMILES string of the molecule is CCCCCCCCN(C(=O)C(Cc1ccc(O)cc1)NC(=O)OC(C)(C)C)C(C(=O)NC(Cc1ccccc1)C(=O)OC(C)(C)C)c1ccccc1. The number of nitrogens with one attached hydrogen (secondary N) is 2. The van der Waals surface area contributed by atoms with Crippen molar-refractivity contribution in [2.75, 3.05) is 6.54 Å². The molecule has 10 heteroatoms. The molecule has 3 aromatic rings. The van der Waals surface area contributed by atoms with E-state index in [1.165, 1.54) is 17.0 Å². The highest BCUT2D eigenvalue weighted by Crippen LogP contribution is 2.26. The Kier molecular flexibility index (Phi) is 16.4. The molecule has 3 amide bonds. The molecule has 53 heavy (non-hydrogen) atoms. The zero-order chi connectivity index (χ0) is 39.0. The molecule has 0 radical (unpaired) electrons. The molecule has 0 heterocycles. The first-order valence-corrected chi connectivity index (χ1v) is 18.8. The van der Waals surface area contributed by atoms with E-state index >= 15 is 0 Å². The minimum absolute atomic E-state index is 0.0669. The second-order valence-electron chi connectivity index (χ2n) is 15.5. The van der Waals surface area contributed by atoms with E-state index in [-0.39, 0.29) is 25.1 Å². The zero-order valence-corrected chi connectivity index (χ0v) is 32.5. The Morgan fingerprint density at radius 1 is 0.660 bits per heavy atom. The van der Waals surface area contributed by atoms with Crippen LogP contribution in [0.25, 0.3) is 0 Å². The number of phenols is 1. The third kappa shape index (κ3) is 15.3. The van der Waals surface area contributed by atoms with Crippen molar-refractivity contribution in [1.82, 2.24) is 15.5 Å². The Morgan fingerprint density at radius 3 is 1.77 bits per heavy atom. The number of unbranched alkanes of at least 4 members (excludes halogenated alkanes) is 5. The topological polar surface area (TPSA) is 134 Å². The molecule has 0 aliphatic rings. The lowest BCUT2D eigenvalue weighted by Gasteiger charge is -2.35. The summed E-state index contributed by atoms with van der Waals surface area (Å²) in [6.45, 7) is 12.9. The fourth-order valence-electron chi connectivity index (χ4n) is 5.92. The smallest absolute Gasteiger partial charge is 0.408 e. The summed E-state index contributed by atoms with van der Waals surface area (Å²) < 4.78 is 11.3. The van der Waals surface area contributed by atoms with Crippen LogP contribution in [-0.4, -0.2) is 63.7 Å². The van der Waals surface area contributed by atoms with Crippen LogP contribution in [0.1, 0.15) is 110 Å². The number of hydrogen-bond acceptors (Lipinski definition) is 7. The predicted molar refractivity (Wildman–Crippen MR) is 207 cm³/mol. The maximum absolute atomic E-state index is 14.9. The van der Waals surface area contributed by atoms with Gasteiger partial charge in [0.1, 0.15) is 35.1 Å². The van der Waals surface area contributed by atoms with Crippen LogP contribution in [0.4, 0.5) is 4.79 Å². The van der Waals surface area contributed by atoms with Gasteiger partial charge in [0.05, 0.1) is 0 Å². The van der Waals surface area contributed by atoms with Crippen molar-refractivity contribution in [3.05, 3.63) is 102 Å². The largest absolute Gasteiger partial charge is 0.508 e. The fourth-order valence-corrected chi connectivity index (χ4v) is 5.92. The number of aromatic hydroxyl groups is 1. The van der Waals surface area contributed by atoms with Gasteiger partial charge in [0.15, 0.2) is 0 Å². The Balaban J connectivity index is 2.09. The van der Waals surface area contributed by atoms with Gasteiger partial charge in [0, 0.05) is 19.4 Å². The van der Waals surface area contributed by atoms with E-state index in [1.54, 1.807) is 77.9 Å². The first kappa shape index (κ1) is 42.6. The van der Waals surface area contributed by atoms with Crippen LogP contribution in [0.15, 0.2) is 84.9 Å².